The van der Waals surface area contributed by atoms with Gasteiger partial charge >= 0.3 is 0 Å². The molecule has 0 spiro atoms. The number of nitrogens with zero attached hydrogens (tertiary/aromatic N) is 2. The summed E-state index contributed by atoms with van der Waals surface area (Å²) in [4.78, 5) is 4.23. The topological polar surface area (TPSA) is 85.7 Å². The summed E-state index contributed by atoms with van der Waals surface area (Å²) in [7, 11) is 1.64. The summed E-state index contributed by atoms with van der Waals surface area (Å²) in [6, 6.07) is 11.8. The van der Waals surface area contributed by atoms with E-state index in [-0.39, 0.29) is 6.04 Å². The van der Waals surface area contributed by atoms with E-state index in [9.17, 15) is 0 Å². The van der Waals surface area contributed by atoms with E-state index in [2.05, 4.69) is 15.5 Å². The molecule has 0 saturated heterocycles. The van der Waals surface area contributed by atoms with Gasteiger partial charge in [0.15, 0.2) is 11.7 Å². The van der Waals surface area contributed by atoms with Gasteiger partial charge in [-0.15, -0.1) is 0 Å². The normalized spacial score (nSPS) is 13.1. The van der Waals surface area contributed by atoms with Crippen LogP contribution in [0.15, 0.2) is 45.9 Å². The van der Waals surface area contributed by atoms with Gasteiger partial charge in [-0.2, -0.15) is 0 Å². The van der Waals surface area contributed by atoms with Crippen LogP contribution in [-0.2, 0) is 11.3 Å². The number of methoxy groups -OCH3 is 1. The molecule has 0 aliphatic rings. The fourth-order valence-electron chi connectivity index (χ4n) is 1.88. The largest absolute Gasteiger partial charge is 0.383 e. The number of aromatic nitrogens is 1. The fourth-order valence-corrected chi connectivity index (χ4v) is 1.88. The number of rotatable bonds is 6. The van der Waals surface area contributed by atoms with Crippen molar-refractivity contribution in [2.24, 2.45) is 10.7 Å². The molecule has 2 rings (SSSR count). The van der Waals surface area contributed by atoms with Crippen LogP contribution in [0.25, 0.3) is 11.3 Å². The van der Waals surface area contributed by atoms with Crippen molar-refractivity contribution in [1.29, 1.82) is 0 Å². The molecule has 1 aromatic carbocycles. The Balaban J connectivity index is 1.94. The zero-order chi connectivity index (χ0) is 15.1. The van der Waals surface area contributed by atoms with E-state index in [1.165, 1.54) is 0 Å². The van der Waals surface area contributed by atoms with E-state index >= 15 is 0 Å². The molecule has 6 nitrogen and oxygen atoms in total. The van der Waals surface area contributed by atoms with Gasteiger partial charge in [0.25, 0.3) is 0 Å². The minimum atomic E-state index is 0.107. The number of ether oxygens (including phenoxy) is 1. The Morgan fingerprint density at radius 1 is 1.43 bits per heavy atom. The molecule has 2 aromatic rings. The first kappa shape index (κ1) is 15.1. The fraction of sp³-hybridized carbons (Fsp3) is 0.333. The molecule has 3 N–H and O–H groups in total. The lowest BCUT2D eigenvalue weighted by atomic mass is 10.2. The molecule has 0 saturated carbocycles. The van der Waals surface area contributed by atoms with Gasteiger partial charge in [-0.05, 0) is 6.92 Å². The van der Waals surface area contributed by atoms with Gasteiger partial charge in [0.05, 0.1) is 13.2 Å². The molecule has 0 bridgehead atoms. The summed E-state index contributed by atoms with van der Waals surface area (Å²) in [5.74, 6) is 1.09. The SMILES string of the molecule is COCC(C)NC(N)=NCc1cc(-c2ccccc2)on1. The second-order valence-corrected chi connectivity index (χ2v) is 4.75. The van der Waals surface area contributed by atoms with Crippen LogP contribution in [0.2, 0.25) is 0 Å². The highest BCUT2D eigenvalue weighted by Crippen LogP contribution is 2.19. The number of benzene rings is 1. The monoisotopic (exact) mass is 288 g/mol. The Hall–Kier alpha value is -2.34. The second-order valence-electron chi connectivity index (χ2n) is 4.75. The van der Waals surface area contributed by atoms with Crippen LogP contribution in [0.1, 0.15) is 12.6 Å². The van der Waals surface area contributed by atoms with Crippen LogP contribution in [0.3, 0.4) is 0 Å². The van der Waals surface area contributed by atoms with Crippen molar-refractivity contribution >= 4 is 5.96 Å². The third-order valence-electron chi connectivity index (χ3n) is 2.84. The molecule has 1 aromatic heterocycles. The smallest absolute Gasteiger partial charge is 0.189 e. The quantitative estimate of drug-likeness (QED) is 0.625. The minimum Gasteiger partial charge on any atom is -0.383 e. The zero-order valence-corrected chi connectivity index (χ0v) is 12.2. The molecule has 6 heteroatoms. The van der Waals surface area contributed by atoms with Crippen molar-refractivity contribution in [2.75, 3.05) is 13.7 Å². The highest BCUT2D eigenvalue weighted by molar-refractivity contribution is 5.78. The van der Waals surface area contributed by atoms with Crippen molar-refractivity contribution in [3.63, 3.8) is 0 Å². The molecule has 0 aliphatic carbocycles. The maximum Gasteiger partial charge on any atom is 0.189 e. The number of hydrogen-bond donors (Lipinski definition) is 2. The summed E-state index contributed by atoms with van der Waals surface area (Å²) >= 11 is 0. The standard InChI is InChI=1S/C15H20N4O2/c1-11(10-20-2)18-15(16)17-9-13-8-14(21-19-13)12-6-4-3-5-7-12/h3-8,11H,9-10H2,1-2H3,(H3,16,17,18). The number of hydrogen-bond acceptors (Lipinski definition) is 4. The van der Waals surface area contributed by atoms with Gasteiger partial charge in [-0.1, -0.05) is 35.5 Å². The van der Waals surface area contributed by atoms with E-state index in [0.717, 1.165) is 17.0 Å². The molecular formula is C15H20N4O2. The summed E-state index contributed by atoms with van der Waals surface area (Å²) in [5, 5.41) is 7.02. The zero-order valence-electron chi connectivity index (χ0n) is 12.2. The Bertz CT molecular complexity index is 580. The number of guanidine groups is 1. The van der Waals surface area contributed by atoms with Crippen LogP contribution in [0.4, 0.5) is 0 Å². The molecule has 1 atom stereocenters. The lowest BCUT2D eigenvalue weighted by molar-refractivity contribution is 0.179. The average Bonchev–Trinajstić information content (AvgIpc) is 2.95. The molecule has 0 radical (unpaired) electrons. The minimum absolute atomic E-state index is 0.107. The molecular weight excluding hydrogens is 268 g/mol. The van der Waals surface area contributed by atoms with Crippen LogP contribution in [0, 0.1) is 0 Å². The molecule has 0 amide bonds. The molecule has 1 unspecified atom stereocenters. The Kier molecular flexibility index (Phi) is 5.34. The van der Waals surface area contributed by atoms with E-state index in [4.69, 9.17) is 15.0 Å². The van der Waals surface area contributed by atoms with Gasteiger partial charge in [-0.3, -0.25) is 0 Å². The molecule has 1 heterocycles. The van der Waals surface area contributed by atoms with Crippen molar-refractivity contribution in [2.45, 2.75) is 19.5 Å². The number of nitrogens with one attached hydrogen (secondary N) is 1. The maximum atomic E-state index is 5.80. The van der Waals surface area contributed by atoms with Gasteiger partial charge in [0.1, 0.15) is 5.69 Å². The third kappa shape index (κ3) is 4.61. The highest BCUT2D eigenvalue weighted by Gasteiger charge is 2.06. The Morgan fingerprint density at radius 2 is 2.19 bits per heavy atom. The van der Waals surface area contributed by atoms with E-state index in [1.54, 1.807) is 7.11 Å². The first-order valence-corrected chi connectivity index (χ1v) is 6.75. The van der Waals surface area contributed by atoms with Gasteiger partial charge in [-0.25, -0.2) is 4.99 Å². The number of nitrogens with two attached hydrogens (primary N) is 1. The average molecular weight is 288 g/mol. The lowest BCUT2D eigenvalue weighted by Gasteiger charge is -2.12. The molecule has 112 valence electrons. The predicted octanol–water partition coefficient (Wildman–Crippen LogP) is 1.78. The van der Waals surface area contributed by atoms with Crippen LogP contribution < -0.4 is 11.1 Å². The van der Waals surface area contributed by atoms with Gasteiger partial charge < -0.3 is 20.3 Å². The molecule has 0 aliphatic heterocycles. The Labute approximate surface area is 124 Å². The molecule has 21 heavy (non-hydrogen) atoms. The van der Waals surface area contributed by atoms with E-state index in [0.29, 0.717) is 19.1 Å². The first-order valence-electron chi connectivity index (χ1n) is 6.75. The first-order chi connectivity index (χ1) is 10.2. The van der Waals surface area contributed by atoms with Crippen molar-refractivity contribution in [1.82, 2.24) is 10.5 Å². The van der Waals surface area contributed by atoms with Crippen LogP contribution >= 0.6 is 0 Å². The van der Waals surface area contributed by atoms with Crippen molar-refractivity contribution in [3.8, 4) is 11.3 Å². The van der Waals surface area contributed by atoms with Gasteiger partial charge in [0, 0.05) is 24.8 Å². The van der Waals surface area contributed by atoms with Crippen LogP contribution in [0.5, 0.6) is 0 Å². The number of aliphatic imine (C=N–C) groups is 1. The van der Waals surface area contributed by atoms with E-state index in [1.807, 2.05) is 43.3 Å². The Morgan fingerprint density at radius 3 is 2.90 bits per heavy atom. The predicted molar refractivity (Wildman–Crippen MR) is 81.7 cm³/mol. The second kappa shape index (κ2) is 7.44. The van der Waals surface area contributed by atoms with Crippen LogP contribution in [-0.4, -0.2) is 30.9 Å². The summed E-state index contributed by atoms with van der Waals surface area (Å²) in [6.45, 7) is 2.91. The third-order valence-corrected chi connectivity index (χ3v) is 2.84. The highest BCUT2D eigenvalue weighted by atomic mass is 16.5. The lowest BCUT2D eigenvalue weighted by Crippen LogP contribution is -2.40. The maximum absolute atomic E-state index is 5.80. The van der Waals surface area contributed by atoms with E-state index < -0.39 is 0 Å². The van der Waals surface area contributed by atoms with Crippen molar-refractivity contribution in [3.05, 3.63) is 42.1 Å². The summed E-state index contributed by atoms with van der Waals surface area (Å²) in [5.41, 5.74) is 7.52. The summed E-state index contributed by atoms with van der Waals surface area (Å²) < 4.78 is 10.3. The summed E-state index contributed by atoms with van der Waals surface area (Å²) in [6.07, 6.45) is 0. The molecule has 0 fully saturated rings. The van der Waals surface area contributed by atoms with Gasteiger partial charge in [0.2, 0.25) is 0 Å². The van der Waals surface area contributed by atoms with Crippen molar-refractivity contribution < 1.29 is 9.26 Å².